The summed E-state index contributed by atoms with van der Waals surface area (Å²) >= 11 is 5.74. The lowest BCUT2D eigenvalue weighted by Gasteiger charge is -2.04. The summed E-state index contributed by atoms with van der Waals surface area (Å²) in [6, 6.07) is 3.57. The molecular weight excluding hydrogens is 395 g/mol. The Morgan fingerprint density at radius 1 is 1.31 bits per heavy atom. The van der Waals surface area contributed by atoms with Gasteiger partial charge in [0.15, 0.2) is 5.69 Å². The maximum atomic E-state index is 13.4. The van der Waals surface area contributed by atoms with Crippen molar-refractivity contribution >= 4 is 21.7 Å². The van der Waals surface area contributed by atoms with Crippen molar-refractivity contribution in [3.63, 3.8) is 0 Å². The summed E-state index contributed by atoms with van der Waals surface area (Å²) in [6.45, 7) is -0.218. The summed E-state index contributed by atoms with van der Waals surface area (Å²) in [5.74, 6) is -1.61. The van der Waals surface area contributed by atoms with Crippen molar-refractivity contribution in [1.82, 2.24) is 20.0 Å². The molecule has 0 saturated heterocycles. The lowest BCUT2D eigenvalue weighted by molar-refractivity contribution is 0.294. The van der Waals surface area contributed by atoms with Crippen LogP contribution in [0, 0.1) is 5.82 Å². The highest BCUT2D eigenvalue weighted by molar-refractivity contribution is 7.85. The maximum absolute atomic E-state index is 13.4. The van der Waals surface area contributed by atoms with Crippen LogP contribution < -0.4 is 5.76 Å². The third-order valence-electron chi connectivity index (χ3n) is 3.17. The fraction of sp³-hybridized carbons (Fsp3) is 0.231. The molecule has 0 atom stereocenters. The summed E-state index contributed by atoms with van der Waals surface area (Å²) in [5, 5.41) is 10.7. The van der Waals surface area contributed by atoms with Gasteiger partial charge in [0, 0.05) is 6.42 Å². The van der Waals surface area contributed by atoms with Crippen LogP contribution in [-0.2, 0) is 20.7 Å². The average molecular weight is 405 g/mol. The third-order valence-corrected chi connectivity index (χ3v) is 4.05. The van der Waals surface area contributed by atoms with Gasteiger partial charge in [0.1, 0.15) is 11.5 Å². The molecule has 0 unspecified atom stereocenters. The molecule has 0 aliphatic carbocycles. The molecule has 0 radical (unpaired) electrons. The molecule has 0 fully saturated rings. The molecule has 2 aromatic heterocycles. The van der Waals surface area contributed by atoms with Crippen molar-refractivity contribution in [3.8, 4) is 17.2 Å². The summed E-state index contributed by atoms with van der Waals surface area (Å²) < 4.78 is 50.3. The summed E-state index contributed by atoms with van der Waals surface area (Å²) in [7, 11) is -3.63. The molecule has 0 aliphatic heterocycles. The molecule has 0 amide bonds. The van der Waals surface area contributed by atoms with Gasteiger partial charge in [-0.2, -0.15) is 8.42 Å². The van der Waals surface area contributed by atoms with Gasteiger partial charge >= 0.3 is 5.76 Å². The summed E-state index contributed by atoms with van der Waals surface area (Å²) in [4.78, 5) is 12.0. The monoisotopic (exact) mass is 404 g/mol. The van der Waals surface area contributed by atoms with Crippen molar-refractivity contribution in [1.29, 1.82) is 0 Å². The fourth-order valence-electron chi connectivity index (χ4n) is 2.08. The summed E-state index contributed by atoms with van der Waals surface area (Å²) in [6.07, 6.45) is 0.916. The molecule has 26 heavy (non-hydrogen) atoms. The van der Waals surface area contributed by atoms with Gasteiger partial charge in [-0.25, -0.2) is 18.4 Å². The Kier molecular flexibility index (Phi) is 4.89. The number of aromatic nitrogens is 4. The van der Waals surface area contributed by atoms with Gasteiger partial charge in [-0.15, -0.1) is 0 Å². The van der Waals surface area contributed by atoms with Crippen LogP contribution in [0.15, 0.2) is 32.1 Å². The molecule has 10 nitrogen and oxygen atoms in total. The van der Waals surface area contributed by atoms with Crippen molar-refractivity contribution in [3.05, 3.63) is 45.3 Å². The Morgan fingerprint density at radius 2 is 2.08 bits per heavy atom. The minimum absolute atomic E-state index is 0.0110. The number of benzene rings is 1. The zero-order valence-corrected chi connectivity index (χ0v) is 14.6. The number of halogens is 2. The smallest absolute Gasteiger partial charge is 0.295 e. The molecule has 138 valence electrons. The largest absolute Gasteiger partial charge is 0.446 e. The van der Waals surface area contributed by atoms with E-state index in [9.17, 15) is 17.6 Å². The van der Waals surface area contributed by atoms with Crippen LogP contribution in [0.2, 0.25) is 5.02 Å². The van der Waals surface area contributed by atoms with Gasteiger partial charge in [-0.3, -0.25) is 8.71 Å². The van der Waals surface area contributed by atoms with Crippen LogP contribution in [-0.4, -0.2) is 41.3 Å². The van der Waals surface area contributed by atoms with Crippen molar-refractivity contribution in [2.45, 2.75) is 6.42 Å². The van der Waals surface area contributed by atoms with E-state index in [1.54, 1.807) is 0 Å². The van der Waals surface area contributed by atoms with E-state index >= 15 is 0 Å². The first-order valence-electron chi connectivity index (χ1n) is 6.96. The van der Waals surface area contributed by atoms with Gasteiger partial charge in [0.05, 0.1) is 23.6 Å². The molecule has 0 N–H and O–H groups in total. The van der Waals surface area contributed by atoms with Gasteiger partial charge in [-0.1, -0.05) is 21.9 Å². The Labute approximate surface area is 150 Å². The van der Waals surface area contributed by atoms with Crippen LogP contribution >= 0.6 is 11.6 Å². The lowest BCUT2D eigenvalue weighted by atomic mass is 10.2. The molecule has 2 heterocycles. The van der Waals surface area contributed by atoms with Crippen molar-refractivity contribution in [2.24, 2.45) is 0 Å². The molecule has 3 aromatic rings. The fourth-order valence-corrected chi connectivity index (χ4v) is 2.64. The third kappa shape index (κ3) is 3.81. The van der Waals surface area contributed by atoms with E-state index in [2.05, 4.69) is 28.8 Å². The first kappa shape index (κ1) is 18.2. The van der Waals surface area contributed by atoms with E-state index in [1.807, 2.05) is 0 Å². The van der Waals surface area contributed by atoms with Crippen LogP contribution in [0.5, 0.6) is 0 Å². The zero-order chi connectivity index (χ0) is 18.9. The minimum Gasteiger partial charge on any atom is -0.295 e. The molecule has 0 spiro atoms. The molecular formula is C13H10ClFN4O6S. The Bertz CT molecular complexity index is 1110. The van der Waals surface area contributed by atoms with Crippen LogP contribution in [0.25, 0.3) is 17.2 Å². The first-order valence-corrected chi connectivity index (χ1v) is 9.16. The van der Waals surface area contributed by atoms with E-state index in [0.717, 1.165) is 16.9 Å². The normalized spacial score (nSPS) is 11.8. The Hall–Kier alpha value is -2.57. The SMILES string of the molecule is CS(=O)(=O)OCCc1nonc1-c1noc(=O)n1-c1ccc(F)c(Cl)c1. The van der Waals surface area contributed by atoms with E-state index in [4.69, 9.17) is 11.6 Å². The Balaban J connectivity index is 1.98. The predicted octanol–water partition coefficient (Wildman–Crippen LogP) is 1.19. The minimum atomic E-state index is -3.63. The van der Waals surface area contributed by atoms with E-state index in [1.165, 1.54) is 12.1 Å². The lowest BCUT2D eigenvalue weighted by Crippen LogP contribution is -2.14. The second-order valence-corrected chi connectivity index (χ2v) is 7.09. The van der Waals surface area contributed by atoms with Crippen LogP contribution in [0.3, 0.4) is 0 Å². The highest BCUT2D eigenvalue weighted by Crippen LogP contribution is 2.24. The second-order valence-electron chi connectivity index (χ2n) is 5.04. The quantitative estimate of drug-likeness (QED) is 0.555. The molecule has 1 aromatic carbocycles. The zero-order valence-electron chi connectivity index (χ0n) is 13.0. The van der Waals surface area contributed by atoms with Crippen molar-refractivity contribution in [2.75, 3.05) is 12.9 Å². The number of rotatable bonds is 6. The Morgan fingerprint density at radius 3 is 2.77 bits per heavy atom. The maximum Gasteiger partial charge on any atom is 0.446 e. The molecule has 0 saturated carbocycles. The number of hydrogen-bond donors (Lipinski definition) is 0. The number of nitrogens with zero attached hydrogens (tertiary/aromatic N) is 4. The first-order chi connectivity index (χ1) is 12.3. The highest BCUT2D eigenvalue weighted by atomic mass is 35.5. The van der Waals surface area contributed by atoms with Crippen LogP contribution in [0.4, 0.5) is 4.39 Å². The van der Waals surface area contributed by atoms with E-state index < -0.39 is 21.7 Å². The standard InChI is InChI=1S/C13H10ClFN4O6S/c1-26(21,22)23-5-4-10-11(17-25-16-10)12-18-24-13(20)19(12)7-2-3-9(15)8(14)6-7/h2-3,6H,4-5H2,1H3. The summed E-state index contributed by atoms with van der Waals surface area (Å²) in [5.41, 5.74) is 0.399. The van der Waals surface area contributed by atoms with E-state index in [-0.39, 0.29) is 40.9 Å². The topological polar surface area (TPSA) is 130 Å². The molecule has 3 rings (SSSR count). The van der Waals surface area contributed by atoms with Gasteiger partial charge in [0.2, 0.25) is 5.82 Å². The second kappa shape index (κ2) is 6.97. The van der Waals surface area contributed by atoms with Gasteiger partial charge in [0.25, 0.3) is 10.1 Å². The number of hydrogen-bond acceptors (Lipinski definition) is 9. The van der Waals surface area contributed by atoms with E-state index in [0.29, 0.717) is 0 Å². The highest BCUT2D eigenvalue weighted by Gasteiger charge is 2.23. The predicted molar refractivity (Wildman–Crippen MR) is 84.9 cm³/mol. The van der Waals surface area contributed by atoms with Crippen molar-refractivity contribution < 1.29 is 26.1 Å². The van der Waals surface area contributed by atoms with Crippen LogP contribution in [0.1, 0.15) is 5.69 Å². The van der Waals surface area contributed by atoms with Gasteiger partial charge in [-0.05, 0) is 23.4 Å². The average Bonchev–Trinajstić information content (AvgIpc) is 3.15. The van der Waals surface area contributed by atoms with Gasteiger partial charge < -0.3 is 0 Å². The molecule has 0 bridgehead atoms. The molecule has 0 aliphatic rings. The molecule has 13 heteroatoms.